The highest BCUT2D eigenvalue weighted by molar-refractivity contribution is 5.87. The van der Waals surface area contributed by atoms with Crippen molar-refractivity contribution in [1.82, 2.24) is 9.88 Å². The Labute approximate surface area is 102 Å². The van der Waals surface area contributed by atoms with Crippen molar-refractivity contribution in [2.75, 3.05) is 6.54 Å². The van der Waals surface area contributed by atoms with Gasteiger partial charge in [-0.1, -0.05) is 13.0 Å². The summed E-state index contributed by atoms with van der Waals surface area (Å²) < 4.78 is 2.28. The highest BCUT2D eigenvalue weighted by Crippen LogP contribution is 2.30. The lowest BCUT2D eigenvalue weighted by Crippen LogP contribution is -2.16. The Bertz CT molecular complexity index is 514. The van der Waals surface area contributed by atoms with Gasteiger partial charge in [-0.2, -0.15) is 0 Å². The van der Waals surface area contributed by atoms with Gasteiger partial charge in [-0.25, -0.2) is 0 Å². The third-order valence-corrected chi connectivity index (χ3v) is 3.01. The van der Waals surface area contributed by atoms with Crippen LogP contribution in [0.1, 0.15) is 32.5 Å². The summed E-state index contributed by atoms with van der Waals surface area (Å²) in [5, 5.41) is 14.2. The first-order chi connectivity index (χ1) is 8.15. The molecule has 2 rings (SSSR count). The van der Waals surface area contributed by atoms with Crippen LogP contribution in [-0.2, 0) is 6.54 Å². The van der Waals surface area contributed by atoms with Crippen LogP contribution in [0.4, 0.5) is 0 Å². The number of aromatic hydroxyl groups is 1. The van der Waals surface area contributed by atoms with Crippen LogP contribution < -0.4 is 5.32 Å². The molecule has 0 saturated carbocycles. The molecule has 0 atom stereocenters. The molecule has 1 aromatic carbocycles. The van der Waals surface area contributed by atoms with Crippen molar-refractivity contribution in [1.29, 1.82) is 0 Å². The largest absolute Gasteiger partial charge is 0.507 e. The van der Waals surface area contributed by atoms with Gasteiger partial charge in [-0.3, -0.25) is 0 Å². The smallest absolute Gasteiger partial charge is 0.124 e. The van der Waals surface area contributed by atoms with Crippen LogP contribution in [0.3, 0.4) is 0 Å². The molecular weight excluding hydrogens is 212 g/mol. The molecule has 0 spiro atoms. The zero-order valence-corrected chi connectivity index (χ0v) is 10.7. The van der Waals surface area contributed by atoms with Crippen molar-refractivity contribution < 1.29 is 5.11 Å². The topological polar surface area (TPSA) is 37.2 Å². The molecule has 0 saturated heterocycles. The molecule has 0 fully saturated rings. The van der Waals surface area contributed by atoms with E-state index in [2.05, 4.69) is 42.8 Å². The molecule has 1 aromatic heterocycles. The SMILES string of the molecule is CCNCc1cc2c(O)cccc2n1C(C)C. The Morgan fingerprint density at radius 3 is 2.76 bits per heavy atom. The maximum Gasteiger partial charge on any atom is 0.124 e. The van der Waals surface area contributed by atoms with E-state index in [0.717, 1.165) is 24.0 Å². The molecule has 92 valence electrons. The van der Waals surface area contributed by atoms with Gasteiger partial charge in [-0.15, -0.1) is 0 Å². The average Bonchev–Trinajstić information content (AvgIpc) is 2.66. The third kappa shape index (κ3) is 2.15. The van der Waals surface area contributed by atoms with E-state index < -0.39 is 0 Å². The number of phenolic OH excluding ortho intramolecular Hbond substituents is 1. The summed E-state index contributed by atoms with van der Waals surface area (Å²) in [6, 6.07) is 8.16. The first kappa shape index (κ1) is 12.0. The normalized spacial score (nSPS) is 11.5. The predicted octanol–water partition coefficient (Wildman–Crippen LogP) is 3.04. The maximum absolute atomic E-state index is 9.88. The van der Waals surface area contributed by atoms with E-state index in [1.807, 2.05) is 6.07 Å². The lowest BCUT2D eigenvalue weighted by Gasteiger charge is -2.14. The third-order valence-electron chi connectivity index (χ3n) is 3.01. The lowest BCUT2D eigenvalue weighted by atomic mass is 10.2. The van der Waals surface area contributed by atoms with E-state index in [1.165, 1.54) is 5.69 Å². The summed E-state index contributed by atoms with van der Waals surface area (Å²) in [5.41, 5.74) is 2.33. The predicted molar refractivity (Wildman–Crippen MR) is 71.4 cm³/mol. The fourth-order valence-corrected chi connectivity index (χ4v) is 2.29. The summed E-state index contributed by atoms with van der Waals surface area (Å²) in [5.74, 6) is 0.361. The van der Waals surface area contributed by atoms with E-state index in [1.54, 1.807) is 6.07 Å². The molecule has 3 nitrogen and oxygen atoms in total. The van der Waals surface area contributed by atoms with Crippen molar-refractivity contribution in [3.63, 3.8) is 0 Å². The van der Waals surface area contributed by atoms with Crippen molar-refractivity contribution in [3.8, 4) is 5.75 Å². The number of nitrogens with one attached hydrogen (secondary N) is 1. The molecule has 2 N–H and O–H groups in total. The standard InChI is InChI=1S/C14H20N2O/c1-4-15-9-11-8-12-13(16(11)10(2)3)6-5-7-14(12)17/h5-8,10,15,17H,4,9H2,1-3H3. The lowest BCUT2D eigenvalue weighted by molar-refractivity contribution is 0.481. The van der Waals surface area contributed by atoms with Gasteiger partial charge in [-0.05, 0) is 38.6 Å². The fraction of sp³-hybridized carbons (Fsp3) is 0.429. The van der Waals surface area contributed by atoms with Gasteiger partial charge in [0.15, 0.2) is 0 Å². The summed E-state index contributed by atoms with van der Waals surface area (Å²) in [4.78, 5) is 0. The number of fused-ring (bicyclic) bond motifs is 1. The quantitative estimate of drug-likeness (QED) is 0.850. The van der Waals surface area contributed by atoms with E-state index in [4.69, 9.17) is 0 Å². The van der Waals surface area contributed by atoms with Gasteiger partial charge in [0.25, 0.3) is 0 Å². The number of benzene rings is 1. The Morgan fingerprint density at radius 1 is 1.35 bits per heavy atom. The first-order valence-corrected chi connectivity index (χ1v) is 6.17. The highest BCUT2D eigenvalue weighted by atomic mass is 16.3. The van der Waals surface area contributed by atoms with Crippen LogP contribution in [0.2, 0.25) is 0 Å². The zero-order valence-electron chi connectivity index (χ0n) is 10.7. The van der Waals surface area contributed by atoms with Crippen molar-refractivity contribution >= 4 is 10.9 Å². The highest BCUT2D eigenvalue weighted by Gasteiger charge is 2.12. The second kappa shape index (κ2) is 4.80. The molecule has 0 radical (unpaired) electrons. The molecule has 0 aliphatic carbocycles. The maximum atomic E-state index is 9.88. The van der Waals surface area contributed by atoms with Crippen LogP contribution in [0.25, 0.3) is 10.9 Å². The monoisotopic (exact) mass is 232 g/mol. The van der Waals surface area contributed by atoms with Gasteiger partial charge in [0.2, 0.25) is 0 Å². The average molecular weight is 232 g/mol. The Balaban J connectivity index is 2.58. The van der Waals surface area contributed by atoms with Crippen molar-refractivity contribution in [3.05, 3.63) is 30.0 Å². The molecule has 3 heteroatoms. The minimum atomic E-state index is 0.361. The Kier molecular flexibility index (Phi) is 3.38. The van der Waals surface area contributed by atoms with Crippen LogP contribution in [0.15, 0.2) is 24.3 Å². The van der Waals surface area contributed by atoms with Gasteiger partial charge in [0.05, 0.1) is 5.52 Å². The van der Waals surface area contributed by atoms with Gasteiger partial charge in [0.1, 0.15) is 5.75 Å². The van der Waals surface area contributed by atoms with E-state index >= 15 is 0 Å². The molecule has 0 amide bonds. The number of aromatic nitrogens is 1. The van der Waals surface area contributed by atoms with Crippen LogP contribution >= 0.6 is 0 Å². The van der Waals surface area contributed by atoms with Gasteiger partial charge < -0.3 is 15.0 Å². The van der Waals surface area contributed by atoms with Crippen molar-refractivity contribution in [2.45, 2.75) is 33.4 Å². The van der Waals surface area contributed by atoms with Gasteiger partial charge >= 0.3 is 0 Å². The molecule has 1 heterocycles. The molecule has 0 aliphatic rings. The molecular formula is C14H20N2O. The van der Waals surface area contributed by atoms with E-state index in [-0.39, 0.29) is 0 Å². The molecule has 17 heavy (non-hydrogen) atoms. The second-order valence-electron chi connectivity index (χ2n) is 4.59. The van der Waals surface area contributed by atoms with Crippen LogP contribution in [0.5, 0.6) is 5.75 Å². The molecule has 0 unspecified atom stereocenters. The summed E-state index contributed by atoms with van der Waals surface area (Å²) in [6.07, 6.45) is 0. The Morgan fingerprint density at radius 2 is 2.12 bits per heavy atom. The molecule has 0 aliphatic heterocycles. The zero-order chi connectivity index (χ0) is 12.4. The number of hydrogen-bond acceptors (Lipinski definition) is 2. The molecule has 2 aromatic rings. The van der Waals surface area contributed by atoms with Crippen LogP contribution in [0, 0.1) is 0 Å². The second-order valence-corrected chi connectivity index (χ2v) is 4.59. The number of rotatable bonds is 4. The number of nitrogens with zero attached hydrogens (tertiary/aromatic N) is 1. The van der Waals surface area contributed by atoms with E-state index in [9.17, 15) is 5.11 Å². The van der Waals surface area contributed by atoms with Crippen molar-refractivity contribution in [2.24, 2.45) is 0 Å². The minimum Gasteiger partial charge on any atom is -0.507 e. The summed E-state index contributed by atoms with van der Waals surface area (Å²) in [7, 11) is 0. The number of phenols is 1. The van der Waals surface area contributed by atoms with Gasteiger partial charge in [0, 0.05) is 23.7 Å². The minimum absolute atomic E-state index is 0.361. The molecule has 0 bridgehead atoms. The summed E-state index contributed by atoms with van der Waals surface area (Å²) in [6.45, 7) is 8.21. The Hall–Kier alpha value is -1.48. The summed E-state index contributed by atoms with van der Waals surface area (Å²) >= 11 is 0. The number of hydrogen-bond donors (Lipinski definition) is 2. The van der Waals surface area contributed by atoms with Crippen LogP contribution in [-0.4, -0.2) is 16.2 Å². The first-order valence-electron chi connectivity index (χ1n) is 6.17. The van der Waals surface area contributed by atoms with E-state index in [0.29, 0.717) is 11.8 Å². The fourth-order valence-electron chi connectivity index (χ4n) is 2.29.